The second-order valence-electron chi connectivity index (χ2n) is 7.04. The summed E-state index contributed by atoms with van der Waals surface area (Å²) in [7, 11) is -3.13. The van der Waals surface area contributed by atoms with Crippen molar-refractivity contribution in [1.82, 2.24) is 5.32 Å². The van der Waals surface area contributed by atoms with E-state index in [0.29, 0.717) is 17.1 Å². The lowest BCUT2D eigenvalue weighted by molar-refractivity contribution is -0.116. The van der Waals surface area contributed by atoms with E-state index in [1.165, 1.54) is 6.42 Å². The first-order valence-corrected chi connectivity index (χ1v) is 12.3. The van der Waals surface area contributed by atoms with E-state index < -0.39 is 7.72 Å². The third-order valence-corrected chi connectivity index (χ3v) is 8.29. The number of halogens is 2. The van der Waals surface area contributed by atoms with E-state index in [0.717, 1.165) is 34.8 Å². The molecule has 0 spiro atoms. The van der Waals surface area contributed by atoms with Gasteiger partial charge in [-0.15, -0.1) is 0 Å². The molecule has 0 heterocycles. The molecule has 0 bridgehead atoms. The number of rotatable bonds is 8. The number of hydrogen-bond donors (Lipinski definition) is 3. The summed E-state index contributed by atoms with van der Waals surface area (Å²) in [6.07, 6.45) is 5.96. The Hall–Kier alpha value is 0.220. The molecule has 0 aliphatic heterocycles. The van der Waals surface area contributed by atoms with E-state index in [-0.39, 0.29) is 24.5 Å². The van der Waals surface area contributed by atoms with Crippen LogP contribution in [0.15, 0.2) is 18.2 Å². The van der Waals surface area contributed by atoms with Gasteiger partial charge in [-0.1, -0.05) is 36.9 Å². The normalized spacial score (nSPS) is 17.5. The van der Waals surface area contributed by atoms with Gasteiger partial charge in [0.25, 0.3) is 7.72 Å². The van der Waals surface area contributed by atoms with Crippen LogP contribution in [0.25, 0.3) is 0 Å². The molecule has 3 N–H and O–H groups in total. The minimum absolute atomic E-state index is 0.0260. The van der Waals surface area contributed by atoms with Gasteiger partial charge in [0.15, 0.2) is 11.9 Å². The van der Waals surface area contributed by atoms with Crippen molar-refractivity contribution in [1.29, 1.82) is 0 Å². The van der Waals surface area contributed by atoms with Gasteiger partial charge in [-0.05, 0) is 66.0 Å². The highest BCUT2D eigenvalue weighted by Gasteiger charge is 2.39. The highest BCUT2D eigenvalue weighted by molar-refractivity contribution is 14.1. The van der Waals surface area contributed by atoms with E-state index >= 15 is 0 Å². The van der Waals surface area contributed by atoms with Crippen molar-refractivity contribution >= 4 is 47.7 Å². The number of hydrogen-bond acceptors (Lipinski definition) is 4. The van der Waals surface area contributed by atoms with Gasteiger partial charge in [0.1, 0.15) is 6.16 Å². The summed E-state index contributed by atoms with van der Waals surface area (Å²) in [4.78, 5) is 32.7. The van der Waals surface area contributed by atoms with Crippen LogP contribution in [0.4, 0.5) is 0 Å². The zero-order chi connectivity index (χ0) is 18.4. The zero-order valence-corrected chi connectivity index (χ0v) is 18.4. The topological polar surface area (TPSA) is 69.6 Å². The molecule has 0 radical (unpaired) electrons. The first-order chi connectivity index (χ1) is 11.8. The number of carbonyl (C=O) groups is 1. The van der Waals surface area contributed by atoms with Crippen molar-refractivity contribution in [2.24, 2.45) is 5.92 Å². The van der Waals surface area contributed by atoms with Crippen LogP contribution in [-0.2, 0) is 4.79 Å². The van der Waals surface area contributed by atoms with Crippen molar-refractivity contribution < 1.29 is 14.6 Å². The van der Waals surface area contributed by atoms with E-state index in [1.54, 1.807) is 0 Å². The van der Waals surface area contributed by atoms with Gasteiger partial charge >= 0.3 is 0 Å². The molecule has 1 aromatic rings. The lowest BCUT2D eigenvalue weighted by atomic mass is 9.91. The predicted octanol–water partition coefficient (Wildman–Crippen LogP) is 4.58. The summed E-state index contributed by atoms with van der Waals surface area (Å²) in [5.41, 5.74) is 1.01. The minimum Gasteiger partial charge on any atom is -0.303 e. The Bertz CT molecular complexity index is 594. The van der Waals surface area contributed by atoms with Crippen LogP contribution in [0.2, 0.25) is 5.02 Å². The van der Waals surface area contributed by atoms with Gasteiger partial charge < -0.3 is 5.32 Å². The van der Waals surface area contributed by atoms with Crippen LogP contribution < -0.4 is 5.32 Å². The smallest absolute Gasteiger partial charge is 0.275 e. The maximum atomic E-state index is 12.2. The fourth-order valence-electron chi connectivity index (χ4n) is 3.35. The van der Waals surface area contributed by atoms with Crippen molar-refractivity contribution in [2.45, 2.75) is 45.1 Å². The molecule has 2 rings (SSSR count). The van der Waals surface area contributed by atoms with Crippen LogP contribution in [-0.4, -0.2) is 34.4 Å². The molecule has 1 aliphatic carbocycles. The lowest BCUT2D eigenvalue weighted by Gasteiger charge is -2.23. The largest absolute Gasteiger partial charge is 0.303 e. The van der Waals surface area contributed by atoms with Crippen molar-refractivity contribution in [3.8, 4) is 0 Å². The van der Waals surface area contributed by atoms with Crippen LogP contribution in [0, 0.1) is 9.49 Å². The van der Waals surface area contributed by atoms with Crippen molar-refractivity contribution in [3.63, 3.8) is 0 Å². The predicted molar refractivity (Wildman–Crippen MR) is 113 cm³/mol. The highest BCUT2D eigenvalue weighted by atomic mass is 127. The summed E-state index contributed by atoms with van der Waals surface area (Å²) >= 11 is 8.31. The average Bonchev–Trinajstić information content (AvgIpc) is 2.55. The van der Waals surface area contributed by atoms with Crippen LogP contribution in [0.3, 0.4) is 0 Å². The second-order valence-corrected chi connectivity index (χ2v) is 11.0. The van der Waals surface area contributed by atoms with Gasteiger partial charge in [-0.3, -0.25) is 4.79 Å². The summed E-state index contributed by atoms with van der Waals surface area (Å²) in [5, 5.41) is 3.85. The Labute approximate surface area is 169 Å². The maximum absolute atomic E-state index is 12.2. The Morgan fingerprint density at radius 3 is 2.68 bits per heavy atom. The molecule has 1 atom stereocenters. The molecule has 1 unspecified atom stereocenters. The Morgan fingerprint density at radius 1 is 1.36 bits per heavy atom. The molecule has 25 heavy (non-hydrogen) atoms. The van der Waals surface area contributed by atoms with E-state index in [2.05, 4.69) is 27.9 Å². The second kappa shape index (κ2) is 9.95. The van der Waals surface area contributed by atoms with Crippen molar-refractivity contribution in [2.75, 3.05) is 18.9 Å². The van der Waals surface area contributed by atoms with Gasteiger partial charge in [0, 0.05) is 9.61 Å². The number of nitrogens with one attached hydrogen (secondary N) is 1. The fraction of sp³-hybridized carbons (Fsp3) is 0.611. The third kappa shape index (κ3) is 7.39. The number of benzene rings is 1. The molecule has 140 valence electrons. The molecular weight excluding hydrogens is 472 g/mol. The first-order valence-electron chi connectivity index (χ1n) is 8.79. The summed E-state index contributed by atoms with van der Waals surface area (Å²) in [6, 6.07) is 5.79. The van der Waals surface area contributed by atoms with Gasteiger partial charge in [-0.25, -0.2) is 9.79 Å². The molecule has 7 heteroatoms. The van der Waals surface area contributed by atoms with E-state index in [4.69, 9.17) is 11.6 Å². The quantitative estimate of drug-likeness (QED) is 0.363. The Kier molecular flexibility index (Phi) is 8.57. The molecule has 1 saturated carbocycles. The van der Waals surface area contributed by atoms with E-state index in [1.807, 2.05) is 25.1 Å². The zero-order valence-electron chi connectivity index (χ0n) is 14.5. The SMILES string of the molecule is CC(NCC(=O)C[P+](O)(O)CC1CCCCC1)c1ccc(I)c(Cl)c1. The Balaban J connectivity index is 1.79. The molecular formula is C18H27ClINO3P+. The number of ketones is 1. The number of carbonyl (C=O) groups excluding carboxylic acids is 1. The molecule has 1 aliphatic rings. The number of Topliss-reactive ketones (excluding diaryl/α,β-unsaturated/α-hetero) is 1. The molecule has 4 nitrogen and oxygen atoms in total. The molecule has 0 aromatic heterocycles. The fourth-order valence-corrected chi connectivity index (χ4v) is 5.88. The first kappa shape index (κ1) is 21.5. The van der Waals surface area contributed by atoms with Gasteiger partial charge in [0.2, 0.25) is 0 Å². The van der Waals surface area contributed by atoms with Crippen LogP contribution in [0.5, 0.6) is 0 Å². The lowest BCUT2D eigenvalue weighted by Crippen LogP contribution is -2.29. The van der Waals surface area contributed by atoms with E-state index in [9.17, 15) is 14.6 Å². The summed E-state index contributed by atoms with van der Waals surface area (Å²) < 4.78 is 0.990. The summed E-state index contributed by atoms with van der Waals surface area (Å²) in [6.45, 7) is 2.10. The van der Waals surface area contributed by atoms with Crippen molar-refractivity contribution in [3.05, 3.63) is 32.4 Å². The maximum Gasteiger partial charge on any atom is 0.275 e. The molecule has 0 saturated heterocycles. The molecule has 1 fully saturated rings. The third-order valence-electron chi connectivity index (χ3n) is 4.75. The van der Waals surface area contributed by atoms with Gasteiger partial charge in [-0.2, -0.15) is 0 Å². The van der Waals surface area contributed by atoms with Crippen LogP contribution >= 0.6 is 41.9 Å². The summed E-state index contributed by atoms with van der Waals surface area (Å²) in [5.74, 6) is 0.225. The molecule has 0 amide bonds. The standard InChI is InChI=1S/C18H27ClINO3P/c1-13(15-7-8-18(20)17(19)9-15)21-10-16(22)12-25(23,24)11-14-5-3-2-4-6-14/h7-9,13-14,21,23-24H,2-6,10-12H2,1H3/q+1. The van der Waals surface area contributed by atoms with Crippen LogP contribution in [0.1, 0.15) is 50.6 Å². The van der Waals surface area contributed by atoms with Gasteiger partial charge in [0.05, 0.1) is 11.6 Å². The Morgan fingerprint density at radius 2 is 2.04 bits per heavy atom. The minimum atomic E-state index is -3.13. The highest BCUT2D eigenvalue weighted by Crippen LogP contribution is 2.53. The monoisotopic (exact) mass is 498 g/mol. The average molecular weight is 499 g/mol. The molecule has 1 aromatic carbocycles.